The van der Waals surface area contributed by atoms with Gasteiger partial charge in [0.2, 0.25) is 0 Å². The van der Waals surface area contributed by atoms with Crippen LogP contribution in [0.2, 0.25) is 0 Å². The van der Waals surface area contributed by atoms with Crippen LogP contribution in [0.1, 0.15) is 17.7 Å². The first kappa shape index (κ1) is 15.2. The number of ether oxygens (including phenoxy) is 2. The molecule has 0 bridgehead atoms. The lowest BCUT2D eigenvalue weighted by Crippen LogP contribution is -2.38. The second-order valence-electron chi connectivity index (χ2n) is 6.01. The minimum atomic E-state index is -0.0595. The number of methoxy groups -OCH3 is 1. The van der Waals surface area contributed by atoms with E-state index in [1.807, 2.05) is 29.8 Å². The molecule has 2 aromatic heterocycles. The van der Waals surface area contributed by atoms with Crippen LogP contribution >= 0.6 is 0 Å². The first-order chi connectivity index (χ1) is 11.7. The van der Waals surface area contributed by atoms with Gasteiger partial charge < -0.3 is 18.5 Å². The predicted molar refractivity (Wildman–Crippen MR) is 87.7 cm³/mol. The van der Waals surface area contributed by atoms with Crippen molar-refractivity contribution in [2.75, 3.05) is 26.8 Å². The number of nitrogens with zero attached hydrogens (tertiary/aromatic N) is 4. The van der Waals surface area contributed by atoms with E-state index >= 15 is 0 Å². The van der Waals surface area contributed by atoms with Gasteiger partial charge in [-0.1, -0.05) is 0 Å². The number of aromatic nitrogens is 3. The maximum absolute atomic E-state index is 5.95. The third-order valence-corrected chi connectivity index (χ3v) is 4.34. The van der Waals surface area contributed by atoms with Gasteiger partial charge in [0.25, 0.3) is 0 Å². The fraction of sp³-hybridized carbons (Fsp3) is 0.412. The van der Waals surface area contributed by atoms with Crippen molar-refractivity contribution < 1.29 is 13.9 Å². The number of hydrogen-bond donors (Lipinski definition) is 0. The van der Waals surface area contributed by atoms with E-state index in [9.17, 15) is 0 Å². The quantitative estimate of drug-likeness (QED) is 0.731. The van der Waals surface area contributed by atoms with Gasteiger partial charge in [0, 0.05) is 25.5 Å². The minimum Gasteiger partial charge on any atom is -0.497 e. The molecule has 1 aliphatic rings. The molecular formula is C17H20N4O3. The van der Waals surface area contributed by atoms with Crippen molar-refractivity contribution in [1.82, 2.24) is 19.7 Å². The Morgan fingerprint density at radius 3 is 3.04 bits per heavy atom. The van der Waals surface area contributed by atoms with Crippen LogP contribution in [0, 0.1) is 0 Å². The van der Waals surface area contributed by atoms with Crippen LogP contribution in [0.5, 0.6) is 5.75 Å². The fourth-order valence-electron chi connectivity index (χ4n) is 3.09. The van der Waals surface area contributed by atoms with E-state index in [4.69, 9.17) is 13.9 Å². The summed E-state index contributed by atoms with van der Waals surface area (Å²) in [5, 5.41) is 9.15. The average Bonchev–Trinajstić information content (AvgIpc) is 3.19. The van der Waals surface area contributed by atoms with Gasteiger partial charge in [-0.25, -0.2) is 0 Å². The van der Waals surface area contributed by atoms with E-state index in [1.54, 1.807) is 13.4 Å². The smallest absolute Gasteiger partial charge is 0.163 e. The summed E-state index contributed by atoms with van der Waals surface area (Å²) in [4.78, 5) is 2.32. The van der Waals surface area contributed by atoms with Crippen molar-refractivity contribution in [1.29, 1.82) is 0 Å². The van der Waals surface area contributed by atoms with E-state index in [0.29, 0.717) is 6.61 Å². The van der Waals surface area contributed by atoms with E-state index in [1.165, 1.54) is 0 Å². The topological polar surface area (TPSA) is 65.6 Å². The molecule has 7 heteroatoms. The second-order valence-corrected chi connectivity index (χ2v) is 6.01. The van der Waals surface area contributed by atoms with Gasteiger partial charge in [-0.05, 0) is 24.3 Å². The molecular weight excluding hydrogens is 308 g/mol. The molecule has 4 rings (SSSR count). The molecule has 24 heavy (non-hydrogen) atoms. The number of furan rings is 1. The molecule has 1 atom stereocenters. The number of hydrogen-bond acceptors (Lipinski definition) is 6. The summed E-state index contributed by atoms with van der Waals surface area (Å²) in [6, 6.07) is 7.92. The SMILES string of the molecule is COc1ccc2oc(CN3CCO[C@H](c4nncn4C)C3)cc2c1. The maximum Gasteiger partial charge on any atom is 0.163 e. The summed E-state index contributed by atoms with van der Waals surface area (Å²) in [6.45, 7) is 3.06. The van der Waals surface area contributed by atoms with Crippen LogP contribution in [0.3, 0.4) is 0 Å². The molecule has 0 amide bonds. The van der Waals surface area contributed by atoms with Crippen LogP contribution in [-0.2, 0) is 18.3 Å². The zero-order valence-electron chi connectivity index (χ0n) is 13.8. The highest BCUT2D eigenvalue weighted by atomic mass is 16.5. The van der Waals surface area contributed by atoms with Gasteiger partial charge in [-0.2, -0.15) is 0 Å². The molecule has 1 saturated heterocycles. The van der Waals surface area contributed by atoms with Gasteiger partial charge in [0.05, 0.1) is 20.3 Å². The lowest BCUT2D eigenvalue weighted by molar-refractivity contribution is -0.0401. The standard InChI is InChI=1S/C17H20N4O3/c1-20-11-18-19-17(20)16-10-21(5-6-23-16)9-14-8-12-7-13(22-2)3-4-15(12)24-14/h3-4,7-8,11,16H,5-6,9-10H2,1-2H3/t16-/m0/s1. The summed E-state index contributed by atoms with van der Waals surface area (Å²) in [7, 11) is 3.60. The molecule has 1 aromatic carbocycles. The van der Waals surface area contributed by atoms with E-state index in [0.717, 1.165) is 47.9 Å². The highest BCUT2D eigenvalue weighted by Crippen LogP contribution is 2.26. The highest BCUT2D eigenvalue weighted by Gasteiger charge is 2.26. The molecule has 0 unspecified atom stereocenters. The maximum atomic E-state index is 5.95. The summed E-state index contributed by atoms with van der Waals surface area (Å²) < 4.78 is 19.0. The van der Waals surface area contributed by atoms with Gasteiger partial charge in [0.1, 0.15) is 29.5 Å². The predicted octanol–water partition coefficient (Wildman–Crippen LogP) is 2.14. The monoisotopic (exact) mass is 328 g/mol. The molecule has 1 aliphatic heterocycles. The largest absolute Gasteiger partial charge is 0.497 e. The molecule has 0 aliphatic carbocycles. The highest BCUT2D eigenvalue weighted by molar-refractivity contribution is 5.79. The van der Waals surface area contributed by atoms with E-state index in [-0.39, 0.29) is 6.10 Å². The first-order valence-electron chi connectivity index (χ1n) is 7.97. The van der Waals surface area contributed by atoms with Gasteiger partial charge >= 0.3 is 0 Å². The Labute approximate surface area is 139 Å². The lowest BCUT2D eigenvalue weighted by atomic mass is 10.2. The Morgan fingerprint density at radius 2 is 2.25 bits per heavy atom. The van der Waals surface area contributed by atoms with Crippen molar-refractivity contribution in [3.8, 4) is 5.75 Å². The molecule has 0 N–H and O–H groups in total. The summed E-state index contributed by atoms with van der Waals surface area (Å²) in [5.41, 5.74) is 0.879. The Morgan fingerprint density at radius 1 is 1.33 bits per heavy atom. The summed E-state index contributed by atoms with van der Waals surface area (Å²) >= 11 is 0. The molecule has 3 aromatic rings. The molecule has 7 nitrogen and oxygen atoms in total. The molecule has 3 heterocycles. The number of morpholine rings is 1. The van der Waals surface area contributed by atoms with Crippen LogP contribution in [0.4, 0.5) is 0 Å². The number of fused-ring (bicyclic) bond motifs is 1. The van der Waals surface area contributed by atoms with Crippen molar-refractivity contribution in [3.63, 3.8) is 0 Å². The number of benzene rings is 1. The van der Waals surface area contributed by atoms with Gasteiger partial charge in [-0.3, -0.25) is 4.90 Å². The Bertz CT molecular complexity index is 841. The van der Waals surface area contributed by atoms with E-state index in [2.05, 4.69) is 21.2 Å². The Balaban J connectivity index is 1.49. The Hall–Kier alpha value is -2.38. The number of aryl methyl sites for hydroxylation is 1. The Kier molecular flexibility index (Phi) is 3.95. The molecule has 0 radical (unpaired) electrons. The lowest BCUT2D eigenvalue weighted by Gasteiger charge is -2.31. The van der Waals surface area contributed by atoms with Gasteiger partial charge in [-0.15, -0.1) is 10.2 Å². The molecule has 1 fully saturated rings. The molecule has 126 valence electrons. The minimum absolute atomic E-state index is 0.0595. The zero-order chi connectivity index (χ0) is 16.5. The van der Waals surface area contributed by atoms with Gasteiger partial charge in [0.15, 0.2) is 5.82 Å². The van der Waals surface area contributed by atoms with Crippen LogP contribution < -0.4 is 4.74 Å². The third-order valence-electron chi connectivity index (χ3n) is 4.34. The average molecular weight is 328 g/mol. The van der Waals surface area contributed by atoms with Crippen molar-refractivity contribution in [3.05, 3.63) is 42.2 Å². The molecule has 0 spiro atoms. The normalized spacial score (nSPS) is 19.0. The summed E-state index contributed by atoms with van der Waals surface area (Å²) in [6.07, 6.45) is 1.64. The third kappa shape index (κ3) is 2.88. The molecule has 0 saturated carbocycles. The van der Waals surface area contributed by atoms with Crippen LogP contribution in [-0.4, -0.2) is 46.5 Å². The first-order valence-corrected chi connectivity index (χ1v) is 7.97. The fourth-order valence-corrected chi connectivity index (χ4v) is 3.09. The summed E-state index contributed by atoms with van der Waals surface area (Å²) in [5.74, 6) is 2.63. The number of rotatable bonds is 4. The zero-order valence-corrected chi connectivity index (χ0v) is 13.8. The van der Waals surface area contributed by atoms with Crippen LogP contribution in [0.15, 0.2) is 35.0 Å². The van der Waals surface area contributed by atoms with Crippen LogP contribution in [0.25, 0.3) is 11.0 Å². The van der Waals surface area contributed by atoms with Crippen molar-refractivity contribution in [2.24, 2.45) is 7.05 Å². The van der Waals surface area contributed by atoms with E-state index < -0.39 is 0 Å². The van der Waals surface area contributed by atoms with Crippen molar-refractivity contribution >= 4 is 11.0 Å². The van der Waals surface area contributed by atoms with Crippen molar-refractivity contribution in [2.45, 2.75) is 12.6 Å². The second kappa shape index (κ2) is 6.26.